The average Bonchev–Trinajstić information content (AvgIpc) is 3.33. The Morgan fingerprint density at radius 3 is 2.03 bits per heavy atom. The standard InChI is InChI=1S/C31H34N4OSi/c1-20(2)37(21(3)4,22(5)6)34-13-12-26(19-34)24-9-10-25-14-28(18-33)31(36)35(30(25)16-24)29-11-8-23(7)27(15-29)17-32/h8-16,19-22H,1-7H3. The van der Waals surface area contributed by atoms with E-state index in [0.29, 0.717) is 33.4 Å². The maximum Gasteiger partial charge on any atom is 0.273 e. The molecule has 188 valence electrons. The van der Waals surface area contributed by atoms with Gasteiger partial charge in [0, 0.05) is 11.6 Å². The van der Waals surface area contributed by atoms with Gasteiger partial charge in [-0.25, -0.2) is 0 Å². The molecular weight excluding hydrogens is 472 g/mol. The van der Waals surface area contributed by atoms with Gasteiger partial charge in [-0.15, -0.1) is 0 Å². The van der Waals surface area contributed by atoms with Crippen LogP contribution in [0.2, 0.25) is 16.6 Å². The molecule has 0 unspecified atom stereocenters. The number of hydrogen-bond acceptors (Lipinski definition) is 3. The minimum atomic E-state index is -1.88. The van der Waals surface area contributed by atoms with Gasteiger partial charge in [0.15, 0.2) is 8.24 Å². The molecule has 0 atom stereocenters. The Kier molecular flexibility index (Phi) is 7.00. The van der Waals surface area contributed by atoms with E-state index in [-0.39, 0.29) is 11.1 Å². The quantitative estimate of drug-likeness (QED) is 0.254. The van der Waals surface area contributed by atoms with E-state index in [1.165, 1.54) is 0 Å². The maximum atomic E-state index is 13.4. The summed E-state index contributed by atoms with van der Waals surface area (Å²) < 4.78 is 4.07. The molecule has 37 heavy (non-hydrogen) atoms. The molecule has 0 radical (unpaired) electrons. The molecule has 0 amide bonds. The fourth-order valence-corrected chi connectivity index (χ4v) is 12.9. The Balaban J connectivity index is 1.96. The van der Waals surface area contributed by atoms with Crippen molar-refractivity contribution in [3.8, 4) is 29.0 Å². The fraction of sp³-hybridized carbons (Fsp3) is 0.323. The molecule has 0 fully saturated rings. The summed E-state index contributed by atoms with van der Waals surface area (Å²) in [4.78, 5) is 13.4. The summed E-state index contributed by atoms with van der Waals surface area (Å²) in [6, 6.07) is 19.5. The van der Waals surface area contributed by atoms with Crippen LogP contribution >= 0.6 is 0 Å². The van der Waals surface area contributed by atoms with E-state index >= 15 is 0 Å². The van der Waals surface area contributed by atoms with Gasteiger partial charge in [0.25, 0.3) is 5.56 Å². The van der Waals surface area contributed by atoms with Crippen molar-refractivity contribution < 1.29 is 0 Å². The van der Waals surface area contributed by atoms with Crippen molar-refractivity contribution in [2.24, 2.45) is 0 Å². The van der Waals surface area contributed by atoms with Gasteiger partial charge in [0.2, 0.25) is 0 Å². The summed E-state index contributed by atoms with van der Waals surface area (Å²) in [5.74, 6) is 0. The van der Waals surface area contributed by atoms with Gasteiger partial charge < -0.3 is 4.23 Å². The van der Waals surface area contributed by atoms with E-state index in [1.807, 2.05) is 37.3 Å². The molecule has 2 aromatic heterocycles. The summed E-state index contributed by atoms with van der Waals surface area (Å²) in [6.07, 6.45) is 4.51. The van der Waals surface area contributed by atoms with E-state index in [0.717, 1.165) is 22.1 Å². The molecule has 0 saturated heterocycles. The van der Waals surface area contributed by atoms with Crippen molar-refractivity contribution in [3.05, 3.63) is 88.0 Å². The zero-order valence-electron chi connectivity index (χ0n) is 22.7. The van der Waals surface area contributed by atoms with Crippen molar-refractivity contribution in [1.82, 2.24) is 8.80 Å². The lowest BCUT2D eigenvalue weighted by atomic mass is 10.0. The van der Waals surface area contributed by atoms with Crippen LogP contribution in [0.3, 0.4) is 0 Å². The monoisotopic (exact) mass is 506 g/mol. The predicted octanol–water partition coefficient (Wildman–Crippen LogP) is 7.53. The zero-order chi connectivity index (χ0) is 27.1. The van der Waals surface area contributed by atoms with Crippen LogP contribution < -0.4 is 5.56 Å². The number of rotatable bonds is 6. The smallest absolute Gasteiger partial charge is 0.273 e. The second-order valence-corrected chi connectivity index (χ2v) is 16.6. The molecule has 0 aliphatic carbocycles. The Bertz CT molecular complexity index is 1600. The number of nitrogens with zero attached hydrogens (tertiary/aromatic N) is 4. The molecule has 0 spiro atoms. The van der Waals surface area contributed by atoms with Crippen molar-refractivity contribution in [2.75, 3.05) is 0 Å². The SMILES string of the molecule is Cc1ccc(-n2c(=O)c(C#N)cc3ccc(-c4ccn([Si](C(C)C)(C(C)C)C(C)C)c4)cc32)cc1C#N. The van der Waals surface area contributed by atoms with Crippen LogP contribution in [0.25, 0.3) is 27.7 Å². The first kappa shape index (κ1) is 26.2. The van der Waals surface area contributed by atoms with E-state index in [1.54, 1.807) is 16.7 Å². The van der Waals surface area contributed by atoms with E-state index in [4.69, 9.17) is 0 Å². The molecule has 0 bridgehead atoms. The predicted molar refractivity (Wildman–Crippen MR) is 154 cm³/mol. The molecule has 0 aliphatic rings. The van der Waals surface area contributed by atoms with Crippen LogP contribution in [0.4, 0.5) is 0 Å². The van der Waals surface area contributed by atoms with Crippen molar-refractivity contribution in [3.63, 3.8) is 0 Å². The lowest BCUT2D eigenvalue weighted by molar-refractivity contribution is 0.766. The highest BCUT2D eigenvalue weighted by atomic mass is 28.3. The molecule has 6 heteroatoms. The van der Waals surface area contributed by atoms with Gasteiger partial charge >= 0.3 is 0 Å². The van der Waals surface area contributed by atoms with Gasteiger partial charge in [-0.3, -0.25) is 9.36 Å². The number of nitriles is 2. The molecule has 2 heterocycles. The van der Waals surface area contributed by atoms with Crippen molar-refractivity contribution >= 4 is 19.1 Å². The second kappa shape index (κ2) is 9.88. The number of aromatic nitrogens is 2. The summed E-state index contributed by atoms with van der Waals surface area (Å²) >= 11 is 0. The summed E-state index contributed by atoms with van der Waals surface area (Å²) in [7, 11) is -1.88. The second-order valence-electron chi connectivity index (χ2n) is 10.9. The molecule has 0 saturated carbocycles. The summed E-state index contributed by atoms with van der Waals surface area (Å²) in [5.41, 5.74) is 6.17. The van der Waals surface area contributed by atoms with Crippen LogP contribution in [-0.2, 0) is 0 Å². The molecular formula is C31H34N4OSi. The third kappa shape index (κ3) is 4.22. The lowest BCUT2D eigenvalue weighted by Crippen LogP contribution is -2.51. The Hall–Kier alpha value is -3.87. The third-order valence-electron chi connectivity index (χ3n) is 7.97. The van der Waals surface area contributed by atoms with Gasteiger partial charge in [0.05, 0.1) is 22.8 Å². The first-order chi connectivity index (χ1) is 17.6. The minimum absolute atomic E-state index is 0.0760. The molecule has 4 aromatic rings. The van der Waals surface area contributed by atoms with Gasteiger partial charge in [-0.1, -0.05) is 59.7 Å². The topological polar surface area (TPSA) is 74.5 Å². The Morgan fingerprint density at radius 2 is 1.43 bits per heavy atom. The van der Waals surface area contributed by atoms with Gasteiger partial charge in [-0.05, 0) is 76.8 Å². The van der Waals surface area contributed by atoms with Crippen LogP contribution in [-0.4, -0.2) is 17.0 Å². The van der Waals surface area contributed by atoms with Crippen LogP contribution in [0, 0.1) is 29.6 Å². The van der Waals surface area contributed by atoms with Crippen LogP contribution in [0.15, 0.2) is 65.7 Å². The molecule has 5 nitrogen and oxygen atoms in total. The van der Waals surface area contributed by atoms with Crippen molar-refractivity contribution in [1.29, 1.82) is 10.5 Å². The largest absolute Gasteiger partial charge is 0.379 e. The third-order valence-corrected chi connectivity index (χ3v) is 14.7. The number of hydrogen-bond donors (Lipinski definition) is 0. The molecule has 2 aromatic carbocycles. The number of pyridine rings is 1. The highest BCUT2D eigenvalue weighted by Crippen LogP contribution is 2.43. The summed E-state index contributed by atoms with van der Waals surface area (Å²) in [5, 5.41) is 20.0. The first-order valence-corrected chi connectivity index (χ1v) is 15.0. The van der Waals surface area contributed by atoms with Crippen LogP contribution in [0.1, 0.15) is 58.2 Å². The maximum absolute atomic E-state index is 13.4. The number of benzene rings is 2. The molecule has 0 aliphatic heterocycles. The first-order valence-electron chi connectivity index (χ1n) is 12.9. The van der Waals surface area contributed by atoms with E-state index in [2.05, 4.69) is 76.4 Å². The highest BCUT2D eigenvalue weighted by Gasteiger charge is 2.44. The molecule has 4 rings (SSSR count). The summed E-state index contributed by atoms with van der Waals surface area (Å²) in [6.45, 7) is 16.0. The zero-order valence-corrected chi connectivity index (χ0v) is 23.7. The van der Waals surface area contributed by atoms with E-state index < -0.39 is 8.24 Å². The fourth-order valence-electron chi connectivity index (χ4n) is 6.39. The minimum Gasteiger partial charge on any atom is -0.379 e. The van der Waals surface area contributed by atoms with Crippen LogP contribution in [0.5, 0.6) is 0 Å². The lowest BCUT2D eigenvalue weighted by Gasteiger charge is -2.44. The van der Waals surface area contributed by atoms with E-state index in [9.17, 15) is 15.3 Å². The van der Waals surface area contributed by atoms with Crippen molar-refractivity contribution in [2.45, 2.75) is 65.1 Å². The van der Waals surface area contributed by atoms with Gasteiger partial charge in [0.1, 0.15) is 11.6 Å². The number of fused-ring (bicyclic) bond motifs is 1. The highest BCUT2D eigenvalue weighted by molar-refractivity contribution is 6.82. The van der Waals surface area contributed by atoms with Gasteiger partial charge in [-0.2, -0.15) is 10.5 Å². The number of aryl methyl sites for hydroxylation is 1. The normalized spacial score (nSPS) is 11.9. The Labute approximate surface area is 220 Å². The average molecular weight is 507 g/mol. The molecule has 0 N–H and O–H groups in total. The Morgan fingerprint density at radius 1 is 0.784 bits per heavy atom.